The predicted molar refractivity (Wildman–Crippen MR) is 102 cm³/mol. The highest BCUT2D eigenvalue weighted by Crippen LogP contribution is 2.20. The van der Waals surface area contributed by atoms with Crippen molar-refractivity contribution in [3.8, 4) is 0 Å². The van der Waals surface area contributed by atoms with Gasteiger partial charge in [0.15, 0.2) is 0 Å². The van der Waals surface area contributed by atoms with Crippen molar-refractivity contribution in [1.82, 2.24) is 5.32 Å². The molecular weight excluding hydrogens is 316 g/mol. The molecule has 6 nitrogen and oxygen atoms in total. The first-order chi connectivity index (χ1) is 11.7. The Morgan fingerprint density at radius 2 is 1.96 bits per heavy atom. The Balaban J connectivity index is 2.90. The van der Waals surface area contributed by atoms with Gasteiger partial charge in [0.25, 0.3) is 5.91 Å². The van der Waals surface area contributed by atoms with Crippen LogP contribution in [-0.2, 0) is 9.59 Å². The summed E-state index contributed by atoms with van der Waals surface area (Å²) in [5.41, 5.74) is 5.83. The first-order valence-electron chi connectivity index (χ1n) is 8.31. The number of nitrogens with one attached hydrogen (secondary N) is 3. The first kappa shape index (κ1) is 20.4. The van der Waals surface area contributed by atoms with Crippen molar-refractivity contribution < 1.29 is 9.59 Å². The Morgan fingerprint density at radius 1 is 1.32 bits per heavy atom. The maximum atomic E-state index is 12.4. The maximum Gasteiger partial charge on any atom is 0.270 e. The molecule has 136 valence electrons. The third-order valence-corrected chi connectivity index (χ3v) is 3.75. The molecule has 0 fully saturated rings. The summed E-state index contributed by atoms with van der Waals surface area (Å²) in [6, 6.07) is 6.27. The summed E-state index contributed by atoms with van der Waals surface area (Å²) >= 11 is 0. The van der Waals surface area contributed by atoms with Crippen LogP contribution < -0.4 is 16.4 Å². The normalized spacial score (nSPS) is 12.1. The van der Waals surface area contributed by atoms with E-state index in [4.69, 9.17) is 11.1 Å². The first-order valence-corrected chi connectivity index (χ1v) is 8.31. The number of rotatable bonds is 9. The fourth-order valence-electron chi connectivity index (χ4n) is 2.36. The molecule has 5 N–H and O–H groups in total. The van der Waals surface area contributed by atoms with E-state index in [9.17, 15) is 9.59 Å². The van der Waals surface area contributed by atoms with E-state index in [1.807, 2.05) is 18.2 Å². The summed E-state index contributed by atoms with van der Waals surface area (Å²) < 4.78 is 0. The summed E-state index contributed by atoms with van der Waals surface area (Å²) in [4.78, 5) is 24.1. The molecule has 1 rings (SSSR count). The van der Waals surface area contributed by atoms with E-state index in [-0.39, 0.29) is 5.71 Å². The van der Waals surface area contributed by atoms with Gasteiger partial charge in [0.1, 0.15) is 11.8 Å². The Labute approximate surface area is 149 Å². The molecule has 0 aliphatic rings. The molecular formula is C19H28N4O2. The summed E-state index contributed by atoms with van der Waals surface area (Å²) in [5.74, 6) is -1.25. The fraction of sp³-hybridized carbons (Fsp3) is 0.421. The van der Waals surface area contributed by atoms with Crippen molar-refractivity contribution >= 4 is 23.2 Å². The molecule has 6 heteroatoms. The van der Waals surface area contributed by atoms with Crippen molar-refractivity contribution in [2.75, 3.05) is 11.9 Å². The van der Waals surface area contributed by atoms with Crippen molar-refractivity contribution in [3.63, 3.8) is 0 Å². The van der Waals surface area contributed by atoms with Gasteiger partial charge in [0.2, 0.25) is 5.91 Å². The van der Waals surface area contributed by atoms with Crippen LogP contribution in [0.4, 0.5) is 5.69 Å². The number of hydrogen-bond donors (Lipinski definition) is 4. The zero-order valence-corrected chi connectivity index (χ0v) is 15.2. The van der Waals surface area contributed by atoms with Gasteiger partial charge in [0.05, 0.1) is 0 Å². The van der Waals surface area contributed by atoms with E-state index >= 15 is 0 Å². The average molecular weight is 344 g/mol. The average Bonchev–Trinajstić information content (AvgIpc) is 2.54. The number of para-hydroxylation sites is 1. The van der Waals surface area contributed by atoms with Crippen LogP contribution in [0.2, 0.25) is 0 Å². The third-order valence-electron chi connectivity index (χ3n) is 3.75. The SMILES string of the molecule is C=CCCCNc1ccccc1C(=N)C(=O)NC(C(N)=O)C(C)(C)C. The Hall–Kier alpha value is -2.63. The van der Waals surface area contributed by atoms with Crippen molar-refractivity contribution in [2.24, 2.45) is 11.1 Å². The molecule has 0 saturated carbocycles. The maximum absolute atomic E-state index is 12.4. The van der Waals surface area contributed by atoms with Crippen LogP contribution in [0.3, 0.4) is 0 Å². The lowest BCUT2D eigenvalue weighted by molar-refractivity contribution is -0.126. The Morgan fingerprint density at radius 3 is 2.52 bits per heavy atom. The van der Waals surface area contributed by atoms with Crippen LogP contribution in [0.1, 0.15) is 39.2 Å². The van der Waals surface area contributed by atoms with Gasteiger partial charge in [-0.2, -0.15) is 0 Å². The molecule has 1 unspecified atom stereocenters. The molecule has 2 amide bonds. The predicted octanol–water partition coefficient (Wildman–Crippen LogP) is 2.45. The molecule has 0 aliphatic carbocycles. The lowest BCUT2D eigenvalue weighted by atomic mass is 9.86. The number of primary amides is 1. The largest absolute Gasteiger partial charge is 0.384 e. The van der Waals surface area contributed by atoms with Crippen molar-refractivity contribution in [1.29, 1.82) is 5.41 Å². The Bertz CT molecular complexity index is 647. The van der Waals surface area contributed by atoms with Crippen molar-refractivity contribution in [2.45, 2.75) is 39.7 Å². The number of allylic oxidation sites excluding steroid dienone is 1. The Kier molecular flexibility index (Phi) is 7.36. The van der Waals surface area contributed by atoms with Gasteiger partial charge in [-0.3, -0.25) is 15.0 Å². The van der Waals surface area contributed by atoms with E-state index in [1.165, 1.54) is 0 Å². The standard InChI is InChI=1S/C19H28N4O2/c1-5-6-9-12-22-14-11-8-7-10-13(14)15(20)18(25)23-16(17(21)24)19(2,3)4/h5,7-8,10-11,16,20,22H,1,6,9,12H2,2-4H3,(H2,21,24)(H,23,25). The fourth-order valence-corrected chi connectivity index (χ4v) is 2.36. The second-order valence-electron chi connectivity index (χ2n) is 6.95. The van der Waals surface area contributed by atoms with Gasteiger partial charge in [-0.1, -0.05) is 45.0 Å². The van der Waals surface area contributed by atoms with E-state index in [0.29, 0.717) is 17.8 Å². The van der Waals surface area contributed by atoms with Crippen molar-refractivity contribution in [3.05, 3.63) is 42.5 Å². The van der Waals surface area contributed by atoms with Crippen LogP contribution in [0.5, 0.6) is 0 Å². The van der Waals surface area contributed by atoms with Crippen LogP contribution in [0, 0.1) is 10.8 Å². The topological polar surface area (TPSA) is 108 Å². The van der Waals surface area contributed by atoms with Crippen LogP contribution in [-0.4, -0.2) is 30.1 Å². The van der Waals surface area contributed by atoms with E-state index in [2.05, 4.69) is 17.2 Å². The number of anilines is 1. The minimum absolute atomic E-state index is 0.206. The summed E-state index contributed by atoms with van der Waals surface area (Å²) in [7, 11) is 0. The minimum Gasteiger partial charge on any atom is -0.384 e. The van der Waals surface area contributed by atoms with Gasteiger partial charge in [-0.15, -0.1) is 6.58 Å². The molecule has 0 spiro atoms. The molecule has 1 aromatic rings. The zero-order valence-electron chi connectivity index (χ0n) is 15.2. The molecule has 25 heavy (non-hydrogen) atoms. The molecule has 0 heterocycles. The van der Waals surface area contributed by atoms with E-state index in [0.717, 1.165) is 12.8 Å². The number of nitrogens with two attached hydrogens (primary N) is 1. The highest BCUT2D eigenvalue weighted by molar-refractivity contribution is 6.45. The number of benzene rings is 1. The third kappa shape index (κ3) is 6.06. The van der Waals surface area contributed by atoms with Crippen LogP contribution >= 0.6 is 0 Å². The van der Waals surface area contributed by atoms with Crippen LogP contribution in [0.15, 0.2) is 36.9 Å². The van der Waals surface area contributed by atoms with Gasteiger partial charge in [0, 0.05) is 17.8 Å². The van der Waals surface area contributed by atoms with E-state index < -0.39 is 23.3 Å². The van der Waals surface area contributed by atoms with Crippen LogP contribution in [0.25, 0.3) is 0 Å². The molecule has 0 saturated heterocycles. The molecule has 0 aliphatic heterocycles. The second kappa shape index (κ2) is 9.01. The zero-order chi connectivity index (χ0) is 19.0. The van der Waals surface area contributed by atoms with Gasteiger partial charge in [-0.05, 0) is 24.3 Å². The number of unbranched alkanes of at least 4 members (excludes halogenated alkanes) is 1. The molecule has 1 aromatic carbocycles. The number of carbonyl (C=O) groups is 2. The van der Waals surface area contributed by atoms with Gasteiger partial charge in [-0.25, -0.2) is 0 Å². The number of amides is 2. The highest BCUT2D eigenvalue weighted by atomic mass is 16.2. The second-order valence-corrected chi connectivity index (χ2v) is 6.95. The quantitative estimate of drug-likeness (QED) is 0.314. The molecule has 1 atom stereocenters. The van der Waals surface area contributed by atoms with Gasteiger partial charge >= 0.3 is 0 Å². The number of carbonyl (C=O) groups excluding carboxylic acids is 2. The molecule has 0 aromatic heterocycles. The van der Waals surface area contributed by atoms with E-state index in [1.54, 1.807) is 32.9 Å². The monoisotopic (exact) mass is 344 g/mol. The smallest absolute Gasteiger partial charge is 0.270 e. The molecule has 0 bridgehead atoms. The lowest BCUT2D eigenvalue weighted by Gasteiger charge is -2.28. The minimum atomic E-state index is -0.854. The highest BCUT2D eigenvalue weighted by Gasteiger charge is 2.32. The summed E-state index contributed by atoms with van der Waals surface area (Å²) in [6.45, 7) is 9.82. The lowest BCUT2D eigenvalue weighted by Crippen LogP contribution is -2.53. The summed E-state index contributed by atoms with van der Waals surface area (Å²) in [5, 5.41) is 14.0. The summed E-state index contributed by atoms with van der Waals surface area (Å²) in [6.07, 6.45) is 3.64. The number of hydrogen-bond acceptors (Lipinski definition) is 4. The molecule has 0 radical (unpaired) electrons. The van der Waals surface area contributed by atoms with Gasteiger partial charge < -0.3 is 16.4 Å².